The highest BCUT2D eigenvalue weighted by Crippen LogP contribution is 2.46. The van der Waals surface area contributed by atoms with Crippen LogP contribution in [-0.2, 0) is 9.59 Å². The smallest absolute Gasteiger partial charge is 0.237 e. The van der Waals surface area contributed by atoms with Crippen molar-refractivity contribution in [2.45, 2.75) is 25.2 Å². The zero-order chi connectivity index (χ0) is 17.6. The number of amides is 2. The maximum absolute atomic E-state index is 13.0. The zero-order valence-corrected chi connectivity index (χ0v) is 15.0. The van der Waals surface area contributed by atoms with Crippen LogP contribution in [0, 0.1) is 11.8 Å². The summed E-state index contributed by atoms with van der Waals surface area (Å²) >= 11 is 12.0. The van der Waals surface area contributed by atoms with Crippen LogP contribution in [0.3, 0.4) is 0 Å². The minimum absolute atomic E-state index is 0.111. The highest BCUT2D eigenvalue weighted by atomic mass is 35.5. The van der Waals surface area contributed by atoms with E-state index in [-0.39, 0.29) is 23.7 Å². The molecule has 0 bridgehead atoms. The molecule has 2 aromatic carbocycles. The predicted octanol–water partition coefficient (Wildman–Crippen LogP) is 5.07. The Bertz CT molecular complexity index is 837. The van der Waals surface area contributed by atoms with Gasteiger partial charge in [-0.25, -0.2) is 0 Å². The van der Waals surface area contributed by atoms with E-state index in [9.17, 15) is 9.59 Å². The van der Waals surface area contributed by atoms with E-state index in [0.717, 1.165) is 19.3 Å². The summed E-state index contributed by atoms with van der Waals surface area (Å²) in [4.78, 5) is 27.1. The number of fused-ring (bicyclic) bond motifs is 1. The van der Waals surface area contributed by atoms with Crippen molar-refractivity contribution in [2.24, 2.45) is 11.8 Å². The second kappa shape index (κ2) is 6.47. The molecule has 1 aliphatic heterocycles. The topological polar surface area (TPSA) is 37.4 Å². The molecule has 1 aliphatic carbocycles. The highest BCUT2D eigenvalue weighted by molar-refractivity contribution is 6.42. The molecule has 2 aromatic rings. The van der Waals surface area contributed by atoms with Crippen LogP contribution in [0.2, 0.25) is 10.0 Å². The molecule has 2 amide bonds. The maximum Gasteiger partial charge on any atom is 0.237 e. The van der Waals surface area contributed by atoms with Crippen molar-refractivity contribution in [3.05, 3.63) is 64.1 Å². The van der Waals surface area contributed by atoms with Gasteiger partial charge in [0.2, 0.25) is 11.8 Å². The van der Waals surface area contributed by atoms with Crippen molar-refractivity contribution in [3.8, 4) is 0 Å². The molecular formula is C20H17Cl2NO2. The Labute approximate surface area is 156 Å². The van der Waals surface area contributed by atoms with E-state index < -0.39 is 0 Å². The van der Waals surface area contributed by atoms with E-state index in [1.165, 1.54) is 10.5 Å². The fraction of sp³-hybridized carbons (Fsp3) is 0.300. The number of carbonyl (C=O) groups is 2. The molecule has 1 saturated heterocycles. The zero-order valence-electron chi connectivity index (χ0n) is 13.5. The molecule has 0 unspecified atom stereocenters. The first kappa shape index (κ1) is 16.6. The van der Waals surface area contributed by atoms with Crippen molar-refractivity contribution >= 4 is 40.7 Å². The van der Waals surface area contributed by atoms with Crippen LogP contribution >= 0.6 is 23.2 Å². The van der Waals surface area contributed by atoms with E-state index in [1.807, 2.05) is 18.2 Å². The molecule has 3 nitrogen and oxygen atoms in total. The lowest BCUT2D eigenvalue weighted by Gasteiger charge is -2.28. The first-order valence-electron chi connectivity index (χ1n) is 8.44. The van der Waals surface area contributed by atoms with Crippen molar-refractivity contribution in [1.29, 1.82) is 0 Å². The second-order valence-electron chi connectivity index (χ2n) is 6.74. The molecule has 0 radical (unpaired) electrons. The van der Waals surface area contributed by atoms with Crippen LogP contribution in [0.1, 0.15) is 30.7 Å². The largest absolute Gasteiger partial charge is 0.274 e. The summed E-state index contributed by atoms with van der Waals surface area (Å²) in [6.07, 6.45) is 2.39. The van der Waals surface area contributed by atoms with Gasteiger partial charge in [-0.3, -0.25) is 14.5 Å². The van der Waals surface area contributed by atoms with Crippen LogP contribution in [0.15, 0.2) is 48.5 Å². The first-order chi connectivity index (χ1) is 12.1. The molecule has 0 aromatic heterocycles. The third-order valence-electron chi connectivity index (χ3n) is 5.36. The molecule has 128 valence electrons. The number of rotatable bonds is 2. The SMILES string of the molecule is O=C1[C@H]2CC[C@@H](c3ccccc3)C[C@H]2C(=O)N1c1ccc(Cl)c(Cl)c1. The van der Waals surface area contributed by atoms with E-state index in [4.69, 9.17) is 23.2 Å². The van der Waals surface area contributed by atoms with Gasteiger partial charge in [0.15, 0.2) is 0 Å². The second-order valence-corrected chi connectivity index (χ2v) is 7.56. The Morgan fingerprint density at radius 2 is 1.56 bits per heavy atom. The van der Waals surface area contributed by atoms with Gasteiger partial charge >= 0.3 is 0 Å². The highest BCUT2D eigenvalue weighted by Gasteiger charge is 2.50. The number of imide groups is 1. The standard InChI is InChI=1S/C20H17Cl2NO2/c21-17-9-7-14(11-18(17)22)23-19(24)15-8-6-13(10-16(15)20(23)25)12-4-2-1-3-5-12/h1-5,7,9,11,13,15-16H,6,8,10H2/t13-,15+,16-/m1/s1. The van der Waals surface area contributed by atoms with Gasteiger partial charge in [0.25, 0.3) is 0 Å². The summed E-state index contributed by atoms with van der Waals surface area (Å²) in [6, 6.07) is 15.1. The van der Waals surface area contributed by atoms with Crippen LogP contribution < -0.4 is 4.90 Å². The summed E-state index contributed by atoms with van der Waals surface area (Å²) in [5.41, 5.74) is 1.75. The molecule has 0 spiro atoms. The number of carbonyl (C=O) groups excluding carboxylic acids is 2. The summed E-state index contributed by atoms with van der Waals surface area (Å²) in [5.74, 6) is -0.371. The van der Waals surface area contributed by atoms with Gasteiger partial charge in [-0.1, -0.05) is 53.5 Å². The Morgan fingerprint density at radius 1 is 0.840 bits per heavy atom. The molecule has 1 heterocycles. The normalized spacial score (nSPS) is 26.0. The van der Waals surface area contributed by atoms with Crippen LogP contribution in [0.25, 0.3) is 0 Å². The Kier molecular flexibility index (Phi) is 4.30. The minimum Gasteiger partial charge on any atom is -0.274 e. The molecular weight excluding hydrogens is 357 g/mol. The molecule has 0 N–H and O–H groups in total. The van der Waals surface area contributed by atoms with Gasteiger partial charge in [0.1, 0.15) is 0 Å². The van der Waals surface area contributed by atoms with Gasteiger partial charge in [0.05, 0.1) is 27.6 Å². The van der Waals surface area contributed by atoms with Crippen molar-refractivity contribution < 1.29 is 9.59 Å². The number of hydrogen-bond acceptors (Lipinski definition) is 2. The van der Waals surface area contributed by atoms with E-state index in [2.05, 4.69) is 12.1 Å². The van der Waals surface area contributed by atoms with Crippen LogP contribution in [-0.4, -0.2) is 11.8 Å². The Balaban J connectivity index is 1.61. The fourth-order valence-corrected chi connectivity index (χ4v) is 4.38. The average Bonchev–Trinajstić information content (AvgIpc) is 2.89. The maximum atomic E-state index is 13.0. The molecule has 25 heavy (non-hydrogen) atoms. The monoisotopic (exact) mass is 373 g/mol. The van der Waals surface area contributed by atoms with Gasteiger partial charge in [-0.2, -0.15) is 0 Å². The van der Waals surface area contributed by atoms with Gasteiger partial charge in [-0.15, -0.1) is 0 Å². The third-order valence-corrected chi connectivity index (χ3v) is 6.10. The fourth-order valence-electron chi connectivity index (χ4n) is 4.09. The molecule has 5 heteroatoms. The van der Waals surface area contributed by atoms with Crippen LogP contribution in [0.4, 0.5) is 5.69 Å². The first-order valence-corrected chi connectivity index (χ1v) is 9.19. The number of hydrogen-bond donors (Lipinski definition) is 0. The van der Waals surface area contributed by atoms with E-state index >= 15 is 0 Å². The van der Waals surface area contributed by atoms with Crippen LogP contribution in [0.5, 0.6) is 0 Å². The third kappa shape index (κ3) is 2.86. The molecule has 1 saturated carbocycles. The number of anilines is 1. The molecule has 4 rings (SSSR count). The number of halogens is 2. The van der Waals surface area contributed by atoms with Crippen molar-refractivity contribution in [2.75, 3.05) is 4.90 Å². The average molecular weight is 374 g/mol. The van der Waals surface area contributed by atoms with Gasteiger partial charge < -0.3 is 0 Å². The summed E-state index contributed by atoms with van der Waals surface area (Å²) in [5, 5.41) is 0.753. The lowest BCUT2D eigenvalue weighted by atomic mass is 9.73. The lowest BCUT2D eigenvalue weighted by molar-refractivity contribution is -0.122. The van der Waals surface area contributed by atoms with Crippen molar-refractivity contribution in [1.82, 2.24) is 0 Å². The van der Waals surface area contributed by atoms with E-state index in [1.54, 1.807) is 18.2 Å². The quantitative estimate of drug-likeness (QED) is 0.689. The predicted molar refractivity (Wildman–Crippen MR) is 99.0 cm³/mol. The summed E-state index contributed by atoms with van der Waals surface area (Å²) in [7, 11) is 0. The van der Waals surface area contributed by atoms with Crippen molar-refractivity contribution in [3.63, 3.8) is 0 Å². The summed E-state index contributed by atoms with van der Waals surface area (Å²) in [6.45, 7) is 0. The van der Waals surface area contributed by atoms with E-state index in [0.29, 0.717) is 21.7 Å². The molecule has 3 atom stereocenters. The number of nitrogens with zero attached hydrogens (tertiary/aromatic N) is 1. The number of benzene rings is 2. The Morgan fingerprint density at radius 3 is 2.28 bits per heavy atom. The van der Waals surface area contributed by atoms with Gasteiger partial charge in [-0.05, 0) is 48.9 Å². The molecule has 2 fully saturated rings. The summed E-state index contributed by atoms with van der Waals surface area (Å²) < 4.78 is 0. The molecule has 2 aliphatic rings. The minimum atomic E-state index is -0.249. The van der Waals surface area contributed by atoms with Gasteiger partial charge in [0, 0.05) is 0 Å². The Hall–Kier alpha value is -1.84. The lowest BCUT2D eigenvalue weighted by Crippen LogP contribution is -2.30.